The number of sulfone groups is 1. The van der Waals surface area contributed by atoms with Crippen molar-refractivity contribution in [1.82, 2.24) is 15.0 Å². The third kappa shape index (κ3) is 5.80. The van der Waals surface area contributed by atoms with Crippen LogP contribution in [0.25, 0.3) is 10.8 Å². The Morgan fingerprint density at radius 2 is 1.95 bits per heavy atom. The molecule has 3 aromatic rings. The number of methoxy groups -OCH3 is 1. The summed E-state index contributed by atoms with van der Waals surface area (Å²) in [5.41, 5.74) is 2.30. The molecule has 0 spiro atoms. The number of fused-ring (bicyclic) bond motifs is 1. The number of nitrogens with zero attached hydrogens (tertiary/aromatic N) is 5. The summed E-state index contributed by atoms with van der Waals surface area (Å²) < 4.78 is 29.0. The van der Waals surface area contributed by atoms with Crippen molar-refractivity contribution in [3.63, 3.8) is 0 Å². The van der Waals surface area contributed by atoms with Gasteiger partial charge < -0.3 is 25.0 Å². The summed E-state index contributed by atoms with van der Waals surface area (Å²) in [6, 6.07) is 8.30. The third-order valence-corrected chi connectivity index (χ3v) is 9.00. The highest BCUT2D eigenvalue weighted by Gasteiger charge is 2.38. The Morgan fingerprint density at radius 1 is 1.15 bits per heavy atom. The van der Waals surface area contributed by atoms with Gasteiger partial charge in [-0.2, -0.15) is 4.98 Å². The van der Waals surface area contributed by atoms with Gasteiger partial charge in [-0.3, -0.25) is 0 Å². The highest BCUT2D eigenvalue weighted by atomic mass is 32.2. The molecule has 0 amide bonds. The van der Waals surface area contributed by atoms with Gasteiger partial charge in [0.05, 0.1) is 18.0 Å². The smallest absolute Gasteiger partial charge is 0.227 e. The summed E-state index contributed by atoms with van der Waals surface area (Å²) >= 11 is 0. The summed E-state index contributed by atoms with van der Waals surface area (Å²) in [6.45, 7) is 8.27. The van der Waals surface area contributed by atoms with E-state index in [1.165, 1.54) is 11.8 Å². The van der Waals surface area contributed by atoms with Crippen LogP contribution in [0.2, 0.25) is 0 Å². The molecule has 2 saturated heterocycles. The molecule has 0 unspecified atom stereocenters. The van der Waals surface area contributed by atoms with Crippen LogP contribution in [0.15, 0.2) is 36.7 Å². The zero-order valence-electron chi connectivity index (χ0n) is 23.2. The molecule has 2 aliphatic heterocycles. The van der Waals surface area contributed by atoms with Gasteiger partial charge in [-0.1, -0.05) is 19.9 Å². The van der Waals surface area contributed by atoms with Crippen LogP contribution >= 0.6 is 0 Å². The van der Waals surface area contributed by atoms with Crippen molar-refractivity contribution < 1.29 is 18.3 Å². The molecule has 0 radical (unpaired) electrons. The molecule has 2 N–H and O–H groups in total. The number of ether oxygens (including phenoxy) is 1. The van der Waals surface area contributed by atoms with E-state index in [1.54, 1.807) is 19.4 Å². The Balaban J connectivity index is 1.40. The molecule has 11 heteroatoms. The molecule has 10 nitrogen and oxygen atoms in total. The molecule has 2 aromatic heterocycles. The second-order valence-electron chi connectivity index (χ2n) is 11.1. The number of hydrogen-bond donors (Lipinski definition) is 2. The van der Waals surface area contributed by atoms with Gasteiger partial charge in [-0.05, 0) is 48.4 Å². The Hall–Kier alpha value is -3.02. The average molecular weight is 555 g/mol. The Kier molecular flexibility index (Phi) is 7.67. The maximum Gasteiger partial charge on any atom is 0.227 e. The number of nitrogens with one attached hydrogen (secondary N) is 1. The number of β-amino-alcohol motifs (C(OH)–C–C–N with tert-alkyl or cyclic N) is 1. The van der Waals surface area contributed by atoms with Crippen LogP contribution in [0.5, 0.6) is 0 Å². The number of piperidine rings is 1. The van der Waals surface area contributed by atoms with Crippen LogP contribution in [0, 0.1) is 5.92 Å². The quantitative estimate of drug-likeness (QED) is 0.429. The molecule has 39 heavy (non-hydrogen) atoms. The van der Waals surface area contributed by atoms with E-state index in [2.05, 4.69) is 59.2 Å². The zero-order valence-corrected chi connectivity index (χ0v) is 24.0. The summed E-state index contributed by atoms with van der Waals surface area (Å²) in [6.07, 6.45) is 4.84. The maximum atomic E-state index is 11.8. The molecule has 2 fully saturated rings. The molecule has 1 aromatic carbocycles. The van der Waals surface area contributed by atoms with Crippen molar-refractivity contribution >= 4 is 43.9 Å². The highest BCUT2D eigenvalue weighted by molar-refractivity contribution is 7.90. The number of pyridine rings is 1. The van der Waals surface area contributed by atoms with Gasteiger partial charge in [0.2, 0.25) is 5.95 Å². The minimum Gasteiger partial charge on any atom is -0.389 e. The van der Waals surface area contributed by atoms with E-state index in [4.69, 9.17) is 9.72 Å². The van der Waals surface area contributed by atoms with Crippen molar-refractivity contribution in [3.8, 4) is 0 Å². The van der Waals surface area contributed by atoms with Gasteiger partial charge in [0.15, 0.2) is 0 Å². The SMILES string of the molecule is CO[C@H]1CCN(c2nccc(Nc3cc4c(C(C)C)ccc(N5C[C@H](CS(C)(=O)=O)[C@H]5C)c4cn3)n2)C[C@H]1O. The van der Waals surface area contributed by atoms with Crippen molar-refractivity contribution in [3.05, 3.63) is 42.2 Å². The van der Waals surface area contributed by atoms with Gasteiger partial charge in [0.1, 0.15) is 21.5 Å². The second kappa shape index (κ2) is 10.9. The number of hydrogen-bond acceptors (Lipinski definition) is 10. The van der Waals surface area contributed by atoms with E-state index in [9.17, 15) is 13.5 Å². The van der Waals surface area contributed by atoms with E-state index in [1.807, 2.05) is 11.1 Å². The van der Waals surface area contributed by atoms with Crippen LogP contribution in [0.1, 0.15) is 38.7 Å². The van der Waals surface area contributed by atoms with E-state index in [0.29, 0.717) is 49.6 Å². The number of rotatable bonds is 8. The summed E-state index contributed by atoms with van der Waals surface area (Å²) in [4.78, 5) is 18.1. The normalized spacial score (nSPS) is 23.8. The molecule has 0 aliphatic carbocycles. The lowest BCUT2D eigenvalue weighted by Gasteiger charge is -2.48. The van der Waals surface area contributed by atoms with Crippen molar-refractivity contribution in [1.29, 1.82) is 0 Å². The summed E-state index contributed by atoms with van der Waals surface area (Å²) in [5, 5.41) is 15.9. The average Bonchev–Trinajstić information content (AvgIpc) is 2.89. The van der Waals surface area contributed by atoms with Gasteiger partial charge in [-0.25, -0.2) is 18.4 Å². The van der Waals surface area contributed by atoms with Crippen LogP contribution in [-0.2, 0) is 14.6 Å². The highest BCUT2D eigenvalue weighted by Crippen LogP contribution is 2.39. The topological polar surface area (TPSA) is 121 Å². The molecule has 0 bridgehead atoms. The number of benzene rings is 1. The lowest BCUT2D eigenvalue weighted by molar-refractivity contribution is -0.0219. The number of aliphatic hydroxyl groups is 1. The molecular formula is C28H38N6O4S. The predicted molar refractivity (Wildman–Crippen MR) is 155 cm³/mol. The van der Waals surface area contributed by atoms with Gasteiger partial charge in [0.25, 0.3) is 0 Å². The first kappa shape index (κ1) is 27.5. The van der Waals surface area contributed by atoms with E-state index < -0.39 is 15.9 Å². The largest absolute Gasteiger partial charge is 0.389 e. The minimum absolute atomic E-state index is 0.127. The predicted octanol–water partition coefficient (Wildman–Crippen LogP) is 3.35. The lowest BCUT2D eigenvalue weighted by atomic mass is 9.88. The standard InChI is InChI=1S/C28H38N6O4S/c1-17(2)20-6-7-23(34-14-19(18(34)3)16-39(5,36)37)22-13-30-27(12-21(20)22)31-26-8-10-29-28(32-26)33-11-9-25(38-4)24(35)15-33/h6-8,10,12-13,17-19,24-25,35H,9,11,14-16H2,1-5H3,(H,29,30,31,32)/t18-,19-,24-,25+/m1/s1. The summed E-state index contributed by atoms with van der Waals surface area (Å²) in [5.74, 6) is 2.50. The van der Waals surface area contributed by atoms with Crippen LogP contribution in [0.4, 0.5) is 23.3 Å². The van der Waals surface area contributed by atoms with E-state index in [0.717, 1.165) is 16.5 Å². The molecule has 210 valence electrons. The van der Waals surface area contributed by atoms with E-state index in [-0.39, 0.29) is 23.8 Å². The van der Waals surface area contributed by atoms with Gasteiger partial charge in [-0.15, -0.1) is 0 Å². The van der Waals surface area contributed by atoms with Crippen molar-refractivity contribution in [2.45, 2.75) is 51.4 Å². The van der Waals surface area contributed by atoms with Gasteiger partial charge in [0, 0.05) is 68.4 Å². The first-order valence-electron chi connectivity index (χ1n) is 13.5. The third-order valence-electron chi connectivity index (χ3n) is 7.97. The minimum atomic E-state index is -3.01. The van der Waals surface area contributed by atoms with Crippen molar-refractivity contribution in [2.75, 3.05) is 53.9 Å². The zero-order chi connectivity index (χ0) is 27.9. The number of aliphatic hydroxyl groups excluding tert-OH is 1. The molecule has 4 heterocycles. The Bertz CT molecular complexity index is 1450. The van der Waals surface area contributed by atoms with Crippen LogP contribution < -0.4 is 15.1 Å². The summed E-state index contributed by atoms with van der Waals surface area (Å²) in [7, 11) is -1.39. The van der Waals surface area contributed by atoms with Crippen LogP contribution in [0.3, 0.4) is 0 Å². The Morgan fingerprint density at radius 3 is 2.62 bits per heavy atom. The Labute approximate surface area is 230 Å². The molecule has 0 saturated carbocycles. The van der Waals surface area contributed by atoms with Crippen molar-refractivity contribution in [2.24, 2.45) is 5.92 Å². The van der Waals surface area contributed by atoms with Crippen LogP contribution in [-0.4, -0.2) is 85.5 Å². The number of aromatic nitrogens is 3. The van der Waals surface area contributed by atoms with Gasteiger partial charge >= 0.3 is 0 Å². The van der Waals surface area contributed by atoms with E-state index >= 15 is 0 Å². The lowest BCUT2D eigenvalue weighted by Crippen LogP contribution is -2.57. The number of anilines is 4. The monoisotopic (exact) mass is 554 g/mol. The first-order valence-corrected chi connectivity index (χ1v) is 15.5. The fraction of sp³-hybridized carbons (Fsp3) is 0.536. The molecule has 4 atom stereocenters. The fourth-order valence-electron chi connectivity index (χ4n) is 5.72. The molecular weight excluding hydrogens is 516 g/mol. The first-order chi connectivity index (χ1) is 18.5. The second-order valence-corrected chi connectivity index (χ2v) is 13.3. The molecule has 2 aliphatic rings. The molecule has 5 rings (SSSR count). The fourth-order valence-corrected chi connectivity index (χ4v) is 6.89. The maximum absolute atomic E-state index is 11.8.